The van der Waals surface area contributed by atoms with Crippen molar-refractivity contribution in [1.29, 1.82) is 0 Å². The van der Waals surface area contributed by atoms with Crippen LogP contribution in [-0.4, -0.2) is 22.5 Å². The number of rotatable bonds is 7. The molecular weight excluding hydrogens is 381 g/mol. The largest absolute Gasteiger partial charge is 0.468 e. The van der Waals surface area contributed by atoms with Gasteiger partial charge in [0.1, 0.15) is 11.6 Å². The van der Waals surface area contributed by atoms with Crippen molar-refractivity contribution in [3.8, 4) is 0 Å². The molecular formula is C20H22FN3O3S. The van der Waals surface area contributed by atoms with Crippen molar-refractivity contribution in [3.63, 3.8) is 0 Å². The van der Waals surface area contributed by atoms with Gasteiger partial charge in [0.25, 0.3) is 0 Å². The minimum absolute atomic E-state index is 0.0785. The maximum atomic E-state index is 14.1. The lowest BCUT2D eigenvalue weighted by atomic mass is 10.2. The quantitative estimate of drug-likeness (QED) is 0.608. The van der Waals surface area contributed by atoms with Crippen LogP contribution in [0.5, 0.6) is 0 Å². The molecule has 28 heavy (non-hydrogen) atoms. The summed E-state index contributed by atoms with van der Waals surface area (Å²) in [6.07, 6.45) is 4.42. The number of benzene rings is 1. The molecule has 1 aliphatic carbocycles. The van der Waals surface area contributed by atoms with Gasteiger partial charge in [-0.1, -0.05) is 18.2 Å². The van der Waals surface area contributed by atoms with Crippen LogP contribution in [0.25, 0.3) is 0 Å². The van der Waals surface area contributed by atoms with Gasteiger partial charge in [-0.25, -0.2) is 12.8 Å². The molecule has 1 aliphatic rings. The predicted octanol–water partition coefficient (Wildman–Crippen LogP) is 3.17. The van der Waals surface area contributed by atoms with Crippen molar-refractivity contribution in [2.75, 3.05) is 0 Å². The van der Waals surface area contributed by atoms with Crippen LogP contribution in [0.15, 0.2) is 47.1 Å². The summed E-state index contributed by atoms with van der Waals surface area (Å²) in [5.41, 5.74) is 3.21. The zero-order valence-corrected chi connectivity index (χ0v) is 16.5. The van der Waals surface area contributed by atoms with Gasteiger partial charge in [-0.3, -0.25) is 4.68 Å². The molecule has 0 aliphatic heterocycles. The van der Waals surface area contributed by atoms with Crippen molar-refractivity contribution in [2.24, 2.45) is 7.05 Å². The van der Waals surface area contributed by atoms with Crippen LogP contribution in [0.3, 0.4) is 0 Å². The van der Waals surface area contributed by atoms with E-state index in [2.05, 4.69) is 5.10 Å². The van der Waals surface area contributed by atoms with Crippen LogP contribution < -0.4 is 0 Å². The third-order valence-corrected chi connectivity index (χ3v) is 6.85. The summed E-state index contributed by atoms with van der Waals surface area (Å²) in [6.45, 7) is 0.218. The molecule has 0 spiro atoms. The van der Waals surface area contributed by atoms with Crippen LogP contribution in [0.2, 0.25) is 0 Å². The van der Waals surface area contributed by atoms with Crippen LogP contribution in [0.1, 0.15) is 34.7 Å². The van der Waals surface area contributed by atoms with Gasteiger partial charge < -0.3 is 4.42 Å². The Bertz CT molecular complexity index is 1070. The fourth-order valence-electron chi connectivity index (χ4n) is 3.72. The second kappa shape index (κ2) is 7.52. The summed E-state index contributed by atoms with van der Waals surface area (Å²) in [7, 11) is -1.91. The Morgan fingerprint density at radius 2 is 2.00 bits per heavy atom. The monoisotopic (exact) mass is 403 g/mol. The number of aromatic nitrogens is 2. The summed E-state index contributed by atoms with van der Waals surface area (Å²) in [5.74, 6) is -0.400. The van der Waals surface area contributed by atoms with Gasteiger partial charge >= 0.3 is 0 Å². The fraction of sp³-hybridized carbons (Fsp3) is 0.350. The first-order valence-electron chi connectivity index (χ1n) is 9.21. The highest BCUT2D eigenvalue weighted by Crippen LogP contribution is 2.27. The second-order valence-electron chi connectivity index (χ2n) is 7.04. The van der Waals surface area contributed by atoms with Crippen LogP contribution >= 0.6 is 0 Å². The van der Waals surface area contributed by atoms with E-state index in [9.17, 15) is 12.8 Å². The summed E-state index contributed by atoms with van der Waals surface area (Å²) >= 11 is 0. The molecule has 4 rings (SSSR count). The number of hydrogen-bond donors (Lipinski definition) is 0. The summed E-state index contributed by atoms with van der Waals surface area (Å²) in [5, 5.41) is 4.55. The van der Waals surface area contributed by atoms with Crippen LogP contribution in [0, 0.1) is 5.82 Å². The van der Waals surface area contributed by atoms with Crippen LogP contribution in [0.4, 0.5) is 4.39 Å². The normalized spacial score (nSPS) is 14.0. The molecule has 0 unspecified atom stereocenters. The number of halogens is 1. The zero-order chi connectivity index (χ0) is 19.7. The maximum Gasteiger partial charge on any atom is 0.219 e. The van der Waals surface area contributed by atoms with E-state index in [4.69, 9.17) is 4.42 Å². The molecule has 0 radical (unpaired) electrons. The van der Waals surface area contributed by atoms with Gasteiger partial charge in [0.15, 0.2) is 0 Å². The Morgan fingerprint density at radius 3 is 2.75 bits per heavy atom. The van der Waals surface area contributed by atoms with Crippen molar-refractivity contribution in [1.82, 2.24) is 14.1 Å². The van der Waals surface area contributed by atoms with E-state index in [-0.39, 0.29) is 18.7 Å². The molecule has 148 valence electrons. The highest BCUT2D eigenvalue weighted by molar-refractivity contribution is 7.88. The van der Waals surface area contributed by atoms with Gasteiger partial charge in [-0.05, 0) is 43.0 Å². The van der Waals surface area contributed by atoms with E-state index in [0.29, 0.717) is 5.76 Å². The molecule has 3 aromatic rings. The molecule has 0 saturated heterocycles. The third-order valence-electron chi connectivity index (χ3n) is 5.13. The van der Waals surface area contributed by atoms with E-state index >= 15 is 0 Å². The molecule has 6 nitrogen and oxygen atoms in total. The minimum Gasteiger partial charge on any atom is -0.468 e. The Balaban J connectivity index is 1.65. The number of aryl methyl sites for hydroxylation is 1. The van der Waals surface area contributed by atoms with Gasteiger partial charge in [0.05, 0.1) is 30.8 Å². The predicted molar refractivity (Wildman–Crippen MR) is 102 cm³/mol. The van der Waals surface area contributed by atoms with E-state index in [1.54, 1.807) is 24.3 Å². The molecule has 8 heteroatoms. The lowest BCUT2D eigenvalue weighted by Gasteiger charge is -2.21. The fourth-order valence-corrected chi connectivity index (χ4v) is 5.18. The summed E-state index contributed by atoms with van der Waals surface area (Å²) in [4.78, 5) is 0. The highest BCUT2D eigenvalue weighted by atomic mass is 32.2. The summed E-state index contributed by atoms with van der Waals surface area (Å²) in [6, 6.07) is 9.40. The first kappa shape index (κ1) is 18.9. The average molecular weight is 403 g/mol. The average Bonchev–Trinajstić information content (AvgIpc) is 3.37. The Kier molecular flexibility index (Phi) is 5.07. The van der Waals surface area contributed by atoms with Gasteiger partial charge in [-0.2, -0.15) is 9.40 Å². The smallest absolute Gasteiger partial charge is 0.219 e. The maximum absolute atomic E-state index is 14.1. The van der Waals surface area contributed by atoms with E-state index in [0.717, 1.165) is 30.5 Å². The van der Waals surface area contributed by atoms with Crippen molar-refractivity contribution < 1.29 is 17.2 Å². The first-order valence-corrected chi connectivity index (χ1v) is 10.8. The zero-order valence-electron chi connectivity index (χ0n) is 15.6. The van der Waals surface area contributed by atoms with E-state index in [1.165, 1.54) is 28.4 Å². The van der Waals surface area contributed by atoms with Gasteiger partial charge in [0, 0.05) is 18.3 Å². The lowest BCUT2D eigenvalue weighted by Crippen LogP contribution is -2.32. The Hall–Kier alpha value is -2.45. The lowest BCUT2D eigenvalue weighted by molar-refractivity contribution is 0.353. The first-order chi connectivity index (χ1) is 13.4. The number of furan rings is 1. The van der Waals surface area contributed by atoms with Gasteiger partial charge in [-0.15, -0.1) is 0 Å². The van der Waals surface area contributed by atoms with Gasteiger partial charge in [0.2, 0.25) is 10.0 Å². The molecule has 2 heterocycles. The molecule has 2 aromatic heterocycles. The van der Waals surface area contributed by atoms with Crippen LogP contribution in [-0.2, 0) is 48.8 Å². The van der Waals surface area contributed by atoms with Crippen molar-refractivity contribution in [2.45, 2.75) is 38.1 Å². The number of hydrogen-bond acceptors (Lipinski definition) is 4. The second-order valence-corrected chi connectivity index (χ2v) is 9.01. The minimum atomic E-state index is -3.80. The molecule has 1 aromatic carbocycles. The topological polar surface area (TPSA) is 68.3 Å². The Morgan fingerprint density at radius 1 is 1.18 bits per heavy atom. The van der Waals surface area contributed by atoms with Crippen molar-refractivity contribution in [3.05, 3.63) is 76.8 Å². The number of fused-ring (bicyclic) bond motifs is 1. The van der Waals surface area contributed by atoms with E-state index < -0.39 is 21.6 Å². The highest BCUT2D eigenvalue weighted by Gasteiger charge is 2.29. The Labute approximate surface area is 163 Å². The van der Waals surface area contributed by atoms with E-state index in [1.807, 2.05) is 11.7 Å². The molecule has 0 saturated carbocycles. The van der Waals surface area contributed by atoms with Crippen molar-refractivity contribution >= 4 is 10.0 Å². The molecule has 0 N–H and O–H groups in total. The summed E-state index contributed by atoms with van der Waals surface area (Å²) < 4.78 is 48.9. The molecule has 0 bridgehead atoms. The molecule has 0 atom stereocenters. The number of sulfonamides is 1. The standard InChI is InChI=1S/C20H22FN3O3S/c1-23-20-10-4-8-17(20)19(22-23)13-24(12-16-7-5-11-27-16)28(25,26)14-15-6-2-3-9-18(15)21/h2-3,5-7,9,11H,4,8,10,12-14H2,1H3. The number of nitrogens with zero attached hydrogens (tertiary/aromatic N) is 3. The molecule has 0 amide bonds. The molecule has 0 fully saturated rings. The SMILES string of the molecule is Cn1nc(CN(Cc2ccco2)S(=O)(=O)Cc2ccccc2F)c2c1CCC2. The third kappa shape index (κ3) is 3.74.